The van der Waals surface area contributed by atoms with Gasteiger partial charge in [0.05, 0.1) is 0 Å². The van der Waals surface area contributed by atoms with E-state index in [0.29, 0.717) is 23.2 Å². The highest BCUT2D eigenvalue weighted by atomic mass is 31.1. The first-order valence-electron chi connectivity index (χ1n) is 11.0. The van der Waals surface area contributed by atoms with Gasteiger partial charge in [0, 0.05) is 23.2 Å². The third kappa shape index (κ3) is 4.27. The summed E-state index contributed by atoms with van der Waals surface area (Å²) in [6, 6.07) is 33.6. The van der Waals surface area contributed by atoms with Crippen LogP contribution in [0.1, 0.15) is 22.4 Å². The van der Waals surface area contributed by atoms with Gasteiger partial charge < -0.3 is 0 Å². The van der Waals surface area contributed by atoms with Crippen LogP contribution < -0.4 is 5.30 Å². The van der Waals surface area contributed by atoms with E-state index < -0.39 is 7.92 Å². The highest BCUT2D eigenvalue weighted by molar-refractivity contribution is 7.66. The molecule has 2 aliphatic carbocycles. The van der Waals surface area contributed by atoms with Crippen molar-refractivity contribution in [1.82, 2.24) is 0 Å². The average Bonchev–Trinajstić information content (AvgIpc) is 3.56. The topological polar surface area (TPSA) is 0 Å². The van der Waals surface area contributed by atoms with Crippen molar-refractivity contribution in [1.29, 1.82) is 0 Å². The van der Waals surface area contributed by atoms with E-state index in [4.69, 9.17) is 0 Å². The summed E-state index contributed by atoms with van der Waals surface area (Å²) >= 11 is 0. The summed E-state index contributed by atoms with van der Waals surface area (Å²) < 4.78 is 0. The number of hydrogen-bond acceptors (Lipinski definition) is 0. The van der Waals surface area contributed by atoms with Gasteiger partial charge >= 0.3 is 0 Å². The molecule has 0 saturated carbocycles. The van der Waals surface area contributed by atoms with Crippen LogP contribution in [0, 0.1) is 11.8 Å². The van der Waals surface area contributed by atoms with Crippen LogP contribution in [-0.4, -0.2) is 0 Å². The first-order chi connectivity index (χ1) is 15.4. The molecule has 31 heavy (non-hydrogen) atoms. The van der Waals surface area contributed by atoms with Crippen molar-refractivity contribution in [3.8, 4) is 0 Å². The number of hydrogen-bond donors (Lipinski definition) is 0. The van der Waals surface area contributed by atoms with Crippen molar-refractivity contribution >= 4 is 13.2 Å². The highest BCUT2D eigenvalue weighted by Gasteiger charge is 2.38. The lowest BCUT2D eigenvalue weighted by molar-refractivity contribution is 0.731. The number of rotatable bonds is 7. The third-order valence-electron chi connectivity index (χ3n) is 6.22. The van der Waals surface area contributed by atoms with Gasteiger partial charge in [0.1, 0.15) is 0 Å². The van der Waals surface area contributed by atoms with E-state index in [2.05, 4.69) is 140 Å². The van der Waals surface area contributed by atoms with E-state index >= 15 is 0 Å². The zero-order valence-corrected chi connectivity index (χ0v) is 18.4. The lowest BCUT2D eigenvalue weighted by atomic mass is 9.99. The summed E-state index contributed by atoms with van der Waals surface area (Å²) in [6.07, 6.45) is 18.4. The van der Waals surface area contributed by atoms with Crippen molar-refractivity contribution < 1.29 is 0 Å². The molecule has 0 aliphatic heterocycles. The summed E-state index contributed by atoms with van der Waals surface area (Å²) in [6.45, 7) is 0. The fourth-order valence-electron chi connectivity index (χ4n) is 4.85. The molecule has 0 saturated heterocycles. The first-order valence-corrected chi connectivity index (χ1v) is 12.5. The molecule has 1 heteroatoms. The largest absolute Gasteiger partial charge is 0.0766 e. The molecule has 5 rings (SSSR count). The fourth-order valence-corrected chi connectivity index (χ4v) is 8.48. The Morgan fingerprint density at radius 2 is 0.806 bits per heavy atom. The summed E-state index contributed by atoms with van der Waals surface area (Å²) in [7, 11) is -0.562. The SMILES string of the molecule is C1=CC([C@@H](c2ccccc2)P(c2ccccc2)[C@H](c2ccccc2)C2C=CC=C2)C=C1. The monoisotopic (exact) mass is 418 g/mol. The molecule has 2 atom stereocenters. The Labute approximate surface area is 187 Å². The minimum Gasteiger partial charge on any atom is -0.0766 e. The molecule has 152 valence electrons. The van der Waals surface area contributed by atoms with Gasteiger partial charge in [0.25, 0.3) is 0 Å². The van der Waals surface area contributed by atoms with Gasteiger partial charge in [-0.3, -0.25) is 0 Å². The standard InChI is InChI=1S/C30H27P/c1-4-14-24(15-5-1)29(26-18-10-11-19-26)31(28-22-8-3-9-23-28)30(27-20-12-13-21-27)25-16-6-2-7-17-25/h1-23,26-27,29-30H/t29-,30-/m1/s1. The van der Waals surface area contributed by atoms with Crippen molar-refractivity contribution in [2.24, 2.45) is 11.8 Å². The molecule has 2 aliphatic rings. The second-order valence-corrected chi connectivity index (χ2v) is 10.6. The molecule has 0 radical (unpaired) electrons. The molecule has 0 aromatic heterocycles. The smallest absolute Gasteiger partial charge is 0.0185 e. The Hall–Kier alpha value is -2.95. The van der Waals surface area contributed by atoms with Crippen LogP contribution in [0.5, 0.6) is 0 Å². The second-order valence-electron chi connectivity index (χ2n) is 8.15. The second kappa shape index (κ2) is 9.46. The van der Waals surface area contributed by atoms with Crippen molar-refractivity contribution in [2.75, 3.05) is 0 Å². The molecular weight excluding hydrogens is 391 g/mol. The predicted octanol–water partition coefficient (Wildman–Crippen LogP) is 7.76. The fraction of sp³-hybridized carbons (Fsp3) is 0.133. The van der Waals surface area contributed by atoms with Gasteiger partial charge in [-0.05, 0) is 16.4 Å². The number of benzene rings is 3. The van der Waals surface area contributed by atoms with Crippen LogP contribution in [0.4, 0.5) is 0 Å². The van der Waals surface area contributed by atoms with Crippen LogP contribution >= 0.6 is 7.92 Å². The molecule has 0 bridgehead atoms. The Bertz CT molecular complexity index is 997. The van der Waals surface area contributed by atoms with Gasteiger partial charge in [0.15, 0.2) is 0 Å². The van der Waals surface area contributed by atoms with Crippen LogP contribution in [0.3, 0.4) is 0 Å². The summed E-state index contributed by atoms with van der Waals surface area (Å²) in [4.78, 5) is 0. The molecule has 0 spiro atoms. The van der Waals surface area contributed by atoms with E-state index in [1.165, 1.54) is 16.4 Å². The van der Waals surface area contributed by atoms with E-state index in [0.717, 1.165) is 0 Å². The molecular formula is C30H27P. The Morgan fingerprint density at radius 3 is 1.19 bits per heavy atom. The zero-order valence-electron chi connectivity index (χ0n) is 17.5. The highest BCUT2D eigenvalue weighted by Crippen LogP contribution is 2.66. The van der Waals surface area contributed by atoms with Crippen molar-refractivity contribution in [3.63, 3.8) is 0 Å². The predicted molar refractivity (Wildman–Crippen MR) is 135 cm³/mol. The molecule has 3 aromatic carbocycles. The van der Waals surface area contributed by atoms with Crippen molar-refractivity contribution in [2.45, 2.75) is 11.3 Å². The van der Waals surface area contributed by atoms with Crippen LogP contribution in [0.2, 0.25) is 0 Å². The van der Waals surface area contributed by atoms with Gasteiger partial charge in [-0.1, -0.05) is 148 Å². The minimum atomic E-state index is -0.562. The lowest BCUT2D eigenvalue weighted by Gasteiger charge is -2.40. The molecule has 0 nitrogen and oxygen atoms in total. The van der Waals surface area contributed by atoms with E-state index in [1.807, 2.05) is 0 Å². The van der Waals surface area contributed by atoms with E-state index in [-0.39, 0.29) is 0 Å². The summed E-state index contributed by atoms with van der Waals surface area (Å²) in [5.74, 6) is 0.823. The minimum absolute atomic E-state index is 0.411. The molecule has 0 heterocycles. The Kier molecular flexibility index (Phi) is 6.10. The zero-order chi connectivity index (χ0) is 20.9. The van der Waals surface area contributed by atoms with Gasteiger partial charge in [0.2, 0.25) is 0 Å². The van der Waals surface area contributed by atoms with Gasteiger partial charge in [-0.25, -0.2) is 0 Å². The maximum atomic E-state index is 2.39. The molecule has 0 unspecified atom stereocenters. The quantitative estimate of drug-likeness (QED) is 0.344. The molecule has 0 N–H and O–H groups in total. The van der Waals surface area contributed by atoms with E-state index in [9.17, 15) is 0 Å². The van der Waals surface area contributed by atoms with Gasteiger partial charge in [-0.15, -0.1) is 0 Å². The molecule has 3 aromatic rings. The van der Waals surface area contributed by atoms with E-state index in [1.54, 1.807) is 0 Å². The normalized spacial score (nSPS) is 17.6. The maximum Gasteiger partial charge on any atom is 0.0185 e. The van der Waals surface area contributed by atoms with Gasteiger partial charge in [-0.2, -0.15) is 0 Å². The molecule has 0 fully saturated rings. The van der Waals surface area contributed by atoms with Crippen molar-refractivity contribution in [3.05, 3.63) is 151 Å². The first kappa shape index (κ1) is 20.0. The maximum absolute atomic E-state index is 2.39. The summed E-state index contributed by atoms with van der Waals surface area (Å²) in [5, 5.41) is 1.47. The Morgan fingerprint density at radius 1 is 0.452 bits per heavy atom. The van der Waals surface area contributed by atoms with Crippen LogP contribution in [-0.2, 0) is 0 Å². The van der Waals surface area contributed by atoms with Crippen LogP contribution in [0.25, 0.3) is 0 Å². The molecule has 0 amide bonds. The average molecular weight is 419 g/mol. The Balaban J connectivity index is 1.72. The third-order valence-corrected chi connectivity index (χ3v) is 9.60. The lowest BCUT2D eigenvalue weighted by Crippen LogP contribution is -2.21. The van der Waals surface area contributed by atoms with Crippen LogP contribution in [0.15, 0.2) is 140 Å². The summed E-state index contributed by atoms with van der Waals surface area (Å²) in [5.41, 5.74) is 3.71. The number of allylic oxidation sites excluding steroid dienone is 8.